The van der Waals surface area contributed by atoms with Crippen molar-refractivity contribution in [3.05, 3.63) is 142 Å². The van der Waals surface area contributed by atoms with Crippen molar-refractivity contribution in [3.63, 3.8) is 0 Å². The van der Waals surface area contributed by atoms with Crippen LogP contribution in [0.5, 0.6) is 0 Å². The number of carbonyl (C=O) groups is 10. The van der Waals surface area contributed by atoms with E-state index in [0.29, 0.717) is 22.3 Å². The Labute approximate surface area is 475 Å². The number of nitrogens with one attached hydrogen (secondary N) is 1. The van der Waals surface area contributed by atoms with Gasteiger partial charge < -0.3 is 53.1 Å². The van der Waals surface area contributed by atoms with E-state index in [1.807, 2.05) is 0 Å². The van der Waals surface area contributed by atoms with Crippen molar-refractivity contribution >= 4 is 59.1 Å². The Morgan fingerprint density at radius 2 is 0.675 bits per heavy atom. The van der Waals surface area contributed by atoms with Gasteiger partial charge in [-0.1, -0.05) is 48.5 Å². The molecule has 0 saturated carbocycles. The Bertz CT molecular complexity index is 2960. The van der Waals surface area contributed by atoms with Crippen LogP contribution in [0.4, 0.5) is 0 Å². The summed E-state index contributed by atoms with van der Waals surface area (Å²) in [5, 5.41) is 12.1. The van der Waals surface area contributed by atoms with Crippen LogP contribution in [0.25, 0.3) is 0 Å². The highest BCUT2D eigenvalue weighted by atomic mass is 16.6. The molecule has 2 N–H and O–H groups in total. The number of fused-ring (bicyclic) bond motifs is 4. The number of ether oxygens (including phenoxy) is 9. The van der Waals surface area contributed by atoms with E-state index in [1.165, 1.54) is 0 Å². The van der Waals surface area contributed by atoms with Gasteiger partial charge in [0.15, 0.2) is 6.23 Å². The summed E-state index contributed by atoms with van der Waals surface area (Å²) in [6.07, 6.45) is -6.87. The third kappa shape index (κ3) is 13.9. The average molecular weight is 1150 g/mol. The topological polar surface area (TPSA) is 299 Å². The van der Waals surface area contributed by atoms with E-state index in [4.69, 9.17) is 42.6 Å². The molecule has 438 valence electrons. The highest BCUT2D eigenvalue weighted by molar-refractivity contribution is 6.23. The van der Waals surface area contributed by atoms with E-state index in [2.05, 4.69) is 5.32 Å². The molecule has 1 fully saturated rings. The Kier molecular flexibility index (Phi) is 20.4. The van der Waals surface area contributed by atoms with Crippen molar-refractivity contribution in [3.8, 4) is 0 Å². The molecular formula is C58H61N5O20. The van der Waals surface area contributed by atoms with Crippen molar-refractivity contribution in [1.82, 2.24) is 24.9 Å². The minimum Gasteiger partial charge on any atom is -0.481 e. The summed E-state index contributed by atoms with van der Waals surface area (Å²) in [5.74, 6) is -5.50. The number of hydrogen-bond donors (Lipinski definition) is 2. The first-order valence-corrected chi connectivity index (χ1v) is 27.0. The van der Waals surface area contributed by atoms with Gasteiger partial charge in [0.1, 0.15) is 24.4 Å². The lowest BCUT2D eigenvalue weighted by Crippen LogP contribution is -2.65. The standard InChI is InChI=1S/C58H61N5O20/c64-45(17-18-46(65)66)59-50-49(82-34-31-78-26-22-63-57(73)42-15-7-8-16-43(42)58(63)74)48(81-33-30-77-25-21-62-55(71)40-13-5-6-14-41(40)56(62)72)47(80-32-29-76-24-20-61-53(69)38-11-3-4-12-39(38)54(61)70)44(83-50)35-79-28-27-75-23-19-60-51(67)36-9-1-2-10-37(36)52(60)68/h1-16,44,47-50H,17-35H2,(H,59,64)(H,65,66)/t44-,47-,48+,49-,50?/m1/s1. The van der Waals surface area contributed by atoms with Gasteiger partial charge in [-0.3, -0.25) is 67.5 Å². The van der Waals surface area contributed by atoms with Crippen molar-refractivity contribution < 1.29 is 95.7 Å². The Balaban J connectivity index is 0.871. The Morgan fingerprint density at radius 3 is 1.00 bits per heavy atom. The van der Waals surface area contributed by atoms with Gasteiger partial charge in [-0.2, -0.15) is 0 Å². The number of amides is 9. The van der Waals surface area contributed by atoms with Crippen LogP contribution in [0.3, 0.4) is 0 Å². The second-order valence-electron chi connectivity index (χ2n) is 19.3. The molecule has 0 aromatic heterocycles. The molecule has 0 radical (unpaired) electrons. The molecule has 0 spiro atoms. The van der Waals surface area contributed by atoms with Gasteiger partial charge >= 0.3 is 5.97 Å². The van der Waals surface area contributed by atoms with Crippen molar-refractivity contribution in [2.24, 2.45) is 0 Å². The lowest BCUT2D eigenvalue weighted by Gasteiger charge is -2.46. The second kappa shape index (κ2) is 28.3. The minimum absolute atomic E-state index is 0.000258. The molecule has 5 heterocycles. The lowest BCUT2D eigenvalue weighted by molar-refractivity contribution is -0.274. The number of carboxylic acid groups (broad SMARTS) is 1. The molecule has 1 saturated heterocycles. The molecular weight excluding hydrogens is 1090 g/mol. The van der Waals surface area contributed by atoms with Gasteiger partial charge in [0.25, 0.3) is 47.3 Å². The van der Waals surface area contributed by atoms with Crippen molar-refractivity contribution in [2.45, 2.75) is 43.5 Å². The van der Waals surface area contributed by atoms with Crippen LogP contribution in [-0.4, -0.2) is 227 Å². The molecule has 1 unspecified atom stereocenters. The van der Waals surface area contributed by atoms with Crippen LogP contribution in [0, 0.1) is 0 Å². The quantitative estimate of drug-likeness (QED) is 0.0510. The maximum absolute atomic E-state index is 13.4. The summed E-state index contributed by atoms with van der Waals surface area (Å²) in [6.45, 7) is -1.31. The Morgan fingerprint density at radius 1 is 0.386 bits per heavy atom. The minimum atomic E-state index is -1.35. The molecule has 9 amide bonds. The van der Waals surface area contributed by atoms with Gasteiger partial charge in [-0.25, -0.2) is 0 Å². The number of carbonyl (C=O) groups excluding carboxylic acids is 9. The molecule has 25 nitrogen and oxygen atoms in total. The fourth-order valence-electron chi connectivity index (χ4n) is 10.0. The van der Waals surface area contributed by atoms with E-state index in [1.54, 1.807) is 97.1 Å². The zero-order valence-corrected chi connectivity index (χ0v) is 45.1. The van der Waals surface area contributed by atoms with Crippen LogP contribution in [-0.2, 0) is 52.2 Å². The summed E-state index contributed by atoms with van der Waals surface area (Å²) in [4.78, 5) is 133. The maximum Gasteiger partial charge on any atom is 0.303 e. The lowest BCUT2D eigenvalue weighted by atomic mass is 9.97. The van der Waals surface area contributed by atoms with Gasteiger partial charge in [0.05, 0.1) is 163 Å². The van der Waals surface area contributed by atoms with E-state index in [-0.39, 0.29) is 134 Å². The molecule has 9 rings (SSSR count). The molecule has 5 aliphatic rings. The monoisotopic (exact) mass is 1150 g/mol. The van der Waals surface area contributed by atoms with Crippen molar-refractivity contribution in [1.29, 1.82) is 0 Å². The number of benzene rings is 4. The second-order valence-corrected chi connectivity index (χ2v) is 19.3. The highest BCUT2D eigenvalue weighted by Gasteiger charge is 2.49. The molecule has 4 aromatic rings. The van der Waals surface area contributed by atoms with Gasteiger partial charge in [0.2, 0.25) is 5.91 Å². The fraction of sp³-hybridized carbons (Fsp3) is 0.414. The third-order valence-corrected chi connectivity index (χ3v) is 14.1. The summed E-state index contributed by atoms with van der Waals surface area (Å²) >= 11 is 0. The smallest absolute Gasteiger partial charge is 0.303 e. The predicted octanol–water partition coefficient (Wildman–Crippen LogP) is 2.12. The summed E-state index contributed by atoms with van der Waals surface area (Å²) < 4.78 is 55.3. The highest BCUT2D eigenvalue weighted by Crippen LogP contribution is 2.30. The van der Waals surface area contributed by atoms with Crippen LogP contribution >= 0.6 is 0 Å². The number of aliphatic carboxylic acids is 1. The molecule has 5 atom stereocenters. The normalized spacial score (nSPS) is 20.0. The summed E-state index contributed by atoms with van der Waals surface area (Å²) in [7, 11) is 0. The SMILES string of the molecule is O=C(O)CCC(=O)NC1O[C@H](COCCOCCN2C(=O)c3ccccc3C2=O)[C@@H](OCCOCCN2C(=O)c3ccccc3C2=O)[C@H](OCCOCCN2C(=O)c3ccccc3C2=O)[C@H]1OCCOCCN1C(=O)c2ccccc2C1=O. The van der Waals surface area contributed by atoms with Crippen LogP contribution in [0.2, 0.25) is 0 Å². The van der Waals surface area contributed by atoms with Crippen LogP contribution in [0.15, 0.2) is 97.1 Å². The summed E-state index contributed by atoms with van der Waals surface area (Å²) in [5.41, 5.74) is 2.34. The van der Waals surface area contributed by atoms with E-state index >= 15 is 0 Å². The number of carboxylic acids is 1. The van der Waals surface area contributed by atoms with Crippen LogP contribution < -0.4 is 5.32 Å². The molecule has 4 aromatic carbocycles. The first-order chi connectivity index (χ1) is 40.3. The molecule has 0 aliphatic carbocycles. The van der Waals surface area contributed by atoms with E-state index in [9.17, 15) is 53.1 Å². The predicted molar refractivity (Wildman–Crippen MR) is 284 cm³/mol. The van der Waals surface area contributed by atoms with Gasteiger partial charge in [-0.05, 0) is 48.5 Å². The largest absolute Gasteiger partial charge is 0.481 e. The molecule has 25 heteroatoms. The van der Waals surface area contributed by atoms with E-state index in [0.717, 1.165) is 19.6 Å². The zero-order chi connectivity index (χ0) is 58.4. The Hall–Kier alpha value is -7.98. The number of hydrogen-bond acceptors (Lipinski definition) is 19. The van der Waals surface area contributed by atoms with Crippen molar-refractivity contribution in [2.75, 3.05) is 112 Å². The number of rotatable bonds is 33. The molecule has 83 heavy (non-hydrogen) atoms. The maximum atomic E-state index is 13.4. The number of nitrogens with zero attached hydrogens (tertiary/aromatic N) is 4. The van der Waals surface area contributed by atoms with Crippen LogP contribution in [0.1, 0.15) is 95.7 Å². The first kappa shape index (κ1) is 59.6. The van der Waals surface area contributed by atoms with Gasteiger partial charge in [-0.15, -0.1) is 0 Å². The molecule has 5 aliphatic heterocycles. The molecule has 0 bridgehead atoms. The first-order valence-electron chi connectivity index (χ1n) is 27.0. The number of imide groups is 4. The van der Waals surface area contributed by atoms with E-state index < -0.39 is 103 Å². The summed E-state index contributed by atoms with van der Waals surface area (Å²) in [6, 6.07) is 25.9. The average Bonchev–Trinajstić information content (AvgIpc) is 3.66. The fourth-order valence-corrected chi connectivity index (χ4v) is 10.0. The van der Waals surface area contributed by atoms with Gasteiger partial charge in [0, 0.05) is 6.42 Å². The zero-order valence-electron chi connectivity index (χ0n) is 45.1. The third-order valence-electron chi connectivity index (χ3n) is 14.1.